The fourth-order valence-electron chi connectivity index (χ4n) is 1.76. The molecule has 0 spiro atoms. The number of rotatable bonds is 6. The van der Waals surface area contributed by atoms with Gasteiger partial charge < -0.3 is 18.9 Å². The van der Waals surface area contributed by atoms with Gasteiger partial charge >= 0.3 is 11.7 Å². The largest absolute Gasteiger partial charge is 0.492 e. The predicted octanol–water partition coefficient (Wildman–Crippen LogP) is 1.34. The first-order chi connectivity index (χ1) is 9.49. The second-order valence-electron chi connectivity index (χ2n) is 3.66. The Morgan fingerprint density at radius 1 is 1.10 bits per heavy atom. The SMILES string of the molecule is COC(=O)Cc1cc([N+](=O)[O-])c(OC)c(OC)c1OC. The van der Waals surface area contributed by atoms with Crippen LogP contribution >= 0.6 is 0 Å². The molecule has 0 aliphatic carbocycles. The molecule has 0 bridgehead atoms. The van der Waals surface area contributed by atoms with E-state index in [0.29, 0.717) is 0 Å². The minimum Gasteiger partial charge on any atom is -0.492 e. The highest BCUT2D eigenvalue weighted by molar-refractivity contribution is 5.76. The van der Waals surface area contributed by atoms with Crippen LogP contribution in [0.25, 0.3) is 0 Å². The highest BCUT2D eigenvalue weighted by atomic mass is 16.6. The molecule has 0 N–H and O–H groups in total. The molecule has 0 saturated carbocycles. The minimum absolute atomic E-state index is 0.0584. The Morgan fingerprint density at radius 3 is 2.05 bits per heavy atom. The van der Waals surface area contributed by atoms with E-state index in [2.05, 4.69) is 4.74 Å². The predicted molar refractivity (Wildman–Crippen MR) is 68.5 cm³/mol. The van der Waals surface area contributed by atoms with E-state index < -0.39 is 10.9 Å². The van der Waals surface area contributed by atoms with Gasteiger partial charge in [-0.3, -0.25) is 14.9 Å². The number of hydrogen-bond donors (Lipinski definition) is 0. The van der Waals surface area contributed by atoms with Crippen molar-refractivity contribution in [1.82, 2.24) is 0 Å². The Bertz CT molecular complexity index is 527. The third-order valence-corrected chi connectivity index (χ3v) is 2.62. The van der Waals surface area contributed by atoms with Crippen molar-refractivity contribution in [2.24, 2.45) is 0 Å². The van der Waals surface area contributed by atoms with Gasteiger partial charge in [0.15, 0.2) is 5.75 Å². The van der Waals surface area contributed by atoms with E-state index in [9.17, 15) is 14.9 Å². The second-order valence-corrected chi connectivity index (χ2v) is 3.66. The number of carbonyl (C=O) groups excluding carboxylic acids is 1. The average Bonchev–Trinajstić information content (AvgIpc) is 2.45. The number of ether oxygens (including phenoxy) is 4. The molecule has 0 atom stereocenters. The Balaban J connectivity index is 3.54. The van der Waals surface area contributed by atoms with Crippen molar-refractivity contribution in [2.45, 2.75) is 6.42 Å². The Kier molecular flexibility index (Phi) is 5.13. The van der Waals surface area contributed by atoms with Crippen LogP contribution in [0.5, 0.6) is 17.2 Å². The highest BCUT2D eigenvalue weighted by Gasteiger charge is 2.28. The summed E-state index contributed by atoms with van der Waals surface area (Å²) in [5, 5.41) is 11.1. The number of hydrogen-bond acceptors (Lipinski definition) is 7. The summed E-state index contributed by atoms with van der Waals surface area (Å²) in [6.45, 7) is 0. The van der Waals surface area contributed by atoms with Crippen molar-refractivity contribution < 1.29 is 28.7 Å². The van der Waals surface area contributed by atoms with E-state index in [1.165, 1.54) is 34.5 Å². The Morgan fingerprint density at radius 2 is 1.65 bits per heavy atom. The number of nitro groups is 1. The number of nitrogens with zero attached hydrogens (tertiary/aromatic N) is 1. The molecule has 0 aliphatic rings. The minimum atomic E-state index is -0.623. The van der Waals surface area contributed by atoms with Gasteiger partial charge in [-0.25, -0.2) is 0 Å². The zero-order valence-electron chi connectivity index (χ0n) is 11.6. The van der Waals surface area contributed by atoms with Crippen LogP contribution in [-0.4, -0.2) is 39.3 Å². The molecular weight excluding hydrogens is 270 g/mol. The normalized spacial score (nSPS) is 9.80. The van der Waals surface area contributed by atoms with Crippen LogP contribution < -0.4 is 14.2 Å². The first kappa shape index (κ1) is 15.5. The topological polar surface area (TPSA) is 97.1 Å². The molecule has 0 amide bonds. The Hall–Kier alpha value is -2.51. The zero-order valence-corrected chi connectivity index (χ0v) is 11.6. The van der Waals surface area contributed by atoms with Gasteiger partial charge in [0.05, 0.1) is 39.8 Å². The fourth-order valence-corrected chi connectivity index (χ4v) is 1.76. The molecule has 0 heterocycles. The van der Waals surface area contributed by atoms with E-state index in [1.54, 1.807) is 0 Å². The van der Waals surface area contributed by atoms with E-state index in [0.717, 1.165) is 0 Å². The zero-order chi connectivity index (χ0) is 15.3. The molecule has 1 aromatic carbocycles. The van der Waals surface area contributed by atoms with Crippen molar-refractivity contribution in [2.75, 3.05) is 28.4 Å². The number of esters is 1. The second kappa shape index (κ2) is 6.60. The molecule has 0 radical (unpaired) electrons. The maximum Gasteiger partial charge on any atom is 0.315 e. The summed E-state index contributed by atoms with van der Waals surface area (Å²) in [7, 11) is 5.20. The third kappa shape index (κ3) is 2.90. The number of nitro benzene ring substituents is 1. The molecule has 8 nitrogen and oxygen atoms in total. The summed E-state index contributed by atoms with van der Waals surface area (Å²) in [6.07, 6.45) is -0.180. The smallest absolute Gasteiger partial charge is 0.315 e. The van der Waals surface area contributed by atoms with Crippen LogP contribution in [0.3, 0.4) is 0 Å². The van der Waals surface area contributed by atoms with E-state index >= 15 is 0 Å². The first-order valence-corrected chi connectivity index (χ1v) is 5.53. The number of methoxy groups -OCH3 is 4. The monoisotopic (exact) mass is 285 g/mol. The maximum atomic E-state index is 11.4. The van der Waals surface area contributed by atoms with Crippen LogP contribution in [0.1, 0.15) is 5.56 Å². The lowest BCUT2D eigenvalue weighted by Crippen LogP contribution is -2.08. The molecule has 110 valence electrons. The molecule has 1 rings (SSSR count). The van der Waals surface area contributed by atoms with Gasteiger partial charge in [-0.2, -0.15) is 0 Å². The quantitative estimate of drug-likeness (QED) is 0.442. The Labute approximate surface area is 115 Å². The summed E-state index contributed by atoms with van der Waals surface area (Å²) in [6, 6.07) is 1.21. The van der Waals surface area contributed by atoms with Crippen molar-refractivity contribution >= 4 is 11.7 Å². The van der Waals surface area contributed by atoms with Gasteiger partial charge in [-0.1, -0.05) is 0 Å². The summed E-state index contributed by atoms with van der Waals surface area (Å²) in [5.41, 5.74) is -0.0345. The van der Waals surface area contributed by atoms with Crippen molar-refractivity contribution in [3.8, 4) is 17.2 Å². The number of carbonyl (C=O) groups is 1. The lowest BCUT2D eigenvalue weighted by Gasteiger charge is -2.15. The molecule has 0 aromatic heterocycles. The van der Waals surface area contributed by atoms with Gasteiger partial charge in [0.1, 0.15) is 0 Å². The van der Waals surface area contributed by atoms with E-state index in [4.69, 9.17) is 14.2 Å². The van der Waals surface area contributed by atoms with Crippen LogP contribution in [0, 0.1) is 10.1 Å². The molecule has 0 unspecified atom stereocenters. The maximum absolute atomic E-state index is 11.4. The summed E-state index contributed by atoms with van der Waals surface area (Å²) < 4.78 is 19.8. The molecule has 0 fully saturated rings. The van der Waals surface area contributed by atoms with Crippen LogP contribution in [-0.2, 0) is 16.0 Å². The molecule has 1 aromatic rings. The molecule has 8 heteroatoms. The molecular formula is C12H15NO7. The van der Waals surface area contributed by atoms with Crippen molar-refractivity contribution in [3.05, 3.63) is 21.7 Å². The summed E-state index contributed by atoms with van der Waals surface area (Å²) in [5.74, 6) is -0.365. The first-order valence-electron chi connectivity index (χ1n) is 5.53. The summed E-state index contributed by atoms with van der Waals surface area (Å²) in [4.78, 5) is 21.8. The molecule has 0 saturated heterocycles. The van der Waals surface area contributed by atoms with Crippen molar-refractivity contribution in [3.63, 3.8) is 0 Å². The highest BCUT2D eigenvalue weighted by Crippen LogP contribution is 2.46. The van der Waals surface area contributed by atoms with Crippen LogP contribution in [0.15, 0.2) is 6.07 Å². The average molecular weight is 285 g/mol. The lowest BCUT2D eigenvalue weighted by molar-refractivity contribution is -0.385. The summed E-state index contributed by atoms with van der Waals surface area (Å²) >= 11 is 0. The molecule has 20 heavy (non-hydrogen) atoms. The van der Waals surface area contributed by atoms with Gasteiger partial charge in [0.25, 0.3) is 0 Å². The van der Waals surface area contributed by atoms with Crippen LogP contribution in [0.2, 0.25) is 0 Å². The van der Waals surface area contributed by atoms with Crippen molar-refractivity contribution in [1.29, 1.82) is 0 Å². The molecule has 0 aliphatic heterocycles. The van der Waals surface area contributed by atoms with Gasteiger partial charge in [-0.05, 0) is 0 Å². The lowest BCUT2D eigenvalue weighted by atomic mass is 10.1. The van der Waals surface area contributed by atoms with Gasteiger partial charge in [-0.15, -0.1) is 0 Å². The third-order valence-electron chi connectivity index (χ3n) is 2.62. The number of benzene rings is 1. The van der Waals surface area contributed by atoms with Crippen LogP contribution in [0.4, 0.5) is 5.69 Å². The van der Waals surface area contributed by atoms with Gasteiger partial charge in [0.2, 0.25) is 11.5 Å². The standard InChI is InChI=1S/C12H15NO7/c1-17-9(14)6-7-5-8(13(15)16)11(19-3)12(20-4)10(7)18-2/h5H,6H2,1-4H3. The fraction of sp³-hybridized carbons (Fsp3) is 0.417. The van der Waals surface area contributed by atoms with Gasteiger partial charge in [0, 0.05) is 11.6 Å². The van der Waals surface area contributed by atoms with E-state index in [-0.39, 0.29) is 34.9 Å². The van der Waals surface area contributed by atoms with E-state index in [1.807, 2.05) is 0 Å².